The van der Waals surface area contributed by atoms with Gasteiger partial charge in [0.15, 0.2) is 0 Å². The van der Waals surface area contributed by atoms with Gasteiger partial charge < -0.3 is 10.8 Å². The maximum Gasteiger partial charge on any atom is 0.140 e. The number of rotatable bonds is 3. The molecule has 4 heteroatoms. The zero-order valence-corrected chi connectivity index (χ0v) is 9.51. The molecule has 0 spiro atoms. The topological polar surface area (TPSA) is 46.2 Å². The van der Waals surface area contributed by atoms with Crippen molar-refractivity contribution in [2.45, 2.75) is 18.9 Å². The lowest BCUT2D eigenvalue weighted by Gasteiger charge is -2.21. The van der Waals surface area contributed by atoms with E-state index in [0.717, 1.165) is 0 Å². The van der Waals surface area contributed by atoms with Crippen LogP contribution in [0.25, 0.3) is 0 Å². The summed E-state index contributed by atoms with van der Waals surface area (Å²) in [5, 5.41) is 8.96. The van der Waals surface area contributed by atoms with Gasteiger partial charge in [0.2, 0.25) is 0 Å². The fraction of sp³-hybridized carbons (Fsp3) is 0.400. The maximum atomic E-state index is 13.5. The Labute approximate surface area is 91.1 Å². The molecule has 0 aliphatic rings. The maximum absolute atomic E-state index is 13.5. The van der Waals surface area contributed by atoms with Gasteiger partial charge in [-0.05, 0) is 40.9 Å². The summed E-state index contributed by atoms with van der Waals surface area (Å²) in [6.07, 6.45) is 0.314. The molecule has 14 heavy (non-hydrogen) atoms. The second kappa shape index (κ2) is 4.38. The minimum atomic E-state index is -0.776. The van der Waals surface area contributed by atoms with Crippen molar-refractivity contribution in [1.29, 1.82) is 0 Å². The van der Waals surface area contributed by atoms with E-state index in [1.54, 1.807) is 25.1 Å². The van der Waals surface area contributed by atoms with Crippen molar-refractivity contribution >= 4 is 15.9 Å². The number of halogens is 2. The summed E-state index contributed by atoms with van der Waals surface area (Å²) >= 11 is 3.10. The highest BCUT2D eigenvalue weighted by atomic mass is 79.9. The summed E-state index contributed by atoms with van der Waals surface area (Å²) in [5.74, 6) is -0.308. The molecule has 0 amide bonds. The Morgan fingerprint density at radius 3 is 2.79 bits per heavy atom. The first-order valence-electron chi connectivity index (χ1n) is 4.29. The number of benzene rings is 1. The van der Waals surface area contributed by atoms with Crippen molar-refractivity contribution in [3.63, 3.8) is 0 Å². The second-order valence-electron chi connectivity index (χ2n) is 3.70. The second-order valence-corrected chi connectivity index (χ2v) is 4.56. The lowest BCUT2D eigenvalue weighted by Crippen LogP contribution is -2.42. The molecule has 0 aromatic heterocycles. The highest BCUT2D eigenvalue weighted by Crippen LogP contribution is 2.21. The molecule has 1 aromatic carbocycles. The van der Waals surface area contributed by atoms with Crippen LogP contribution in [0.2, 0.25) is 0 Å². The van der Waals surface area contributed by atoms with Gasteiger partial charge in [-0.2, -0.15) is 0 Å². The molecule has 0 saturated carbocycles. The predicted octanol–water partition coefficient (Wildman–Crippen LogP) is 1.84. The molecule has 78 valence electrons. The van der Waals surface area contributed by atoms with E-state index >= 15 is 0 Å². The normalized spacial score (nSPS) is 15.2. The molecule has 0 radical (unpaired) electrons. The van der Waals surface area contributed by atoms with Crippen molar-refractivity contribution in [2.75, 3.05) is 6.61 Å². The van der Waals surface area contributed by atoms with Crippen LogP contribution >= 0.6 is 15.9 Å². The molecular formula is C10H13BrFNO. The van der Waals surface area contributed by atoms with Crippen molar-refractivity contribution in [3.8, 4) is 0 Å². The third-order valence-electron chi connectivity index (χ3n) is 1.99. The van der Waals surface area contributed by atoms with Gasteiger partial charge in [0, 0.05) is 5.54 Å². The smallest absolute Gasteiger partial charge is 0.140 e. The van der Waals surface area contributed by atoms with E-state index < -0.39 is 5.54 Å². The molecule has 1 aromatic rings. The van der Waals surface area contributed by atoms with E-state index in [2.05, 4.69) is 15.9 Å². The SMILES string of the molecule is CC(N)(CO)Cc1cccc(Br)c1F. The van der Waals surface area contributed by atoms with Gasteiger partial charge in [-0.15, -0.1) is 0 Å². The zero-order valence-electron chi connectivity index (χ0n) is 7.93. The van der Waals surface area contributed by atoms with Crippen LogP contribution in [0.15, 0.2) is 22.7 Å². The average molecular weight is 262 g/mol. The highest BCUT2D eigenvalue weighted by molar-refractivity contribution is 9.10. The van der Waals surface area contributed by atoms with Gasteiger partial charge in [0.1, 0.15) is 5.82 Å². The highest BCUT2D eigenvalue weighted by Gasteiger charge is 2.20. The van der Waals surface area contributed by atoms with Gasteiger partial charge in [0.05, 0.1) is 11.1 Å². The molecule has 0 heterocycles. The van der Waals surface area contributed by atoms with Crippen LogP contribution in [-0.2, 0) is 6.42 Å². The molecule has 1 rings (SSSR count). The van der Waals surface area contributed by atoms with Gasteiger partial charge in [-0.1, -0.05) is 12.1 Å². The summed E-state index contributed by atoms with van der Waals surface area (Å²) < 4.78 is 13.9. The lowest BCUT2D eigenvalue weighted by atomic mass is 9.95. The van der Waals surface area contributed by atoms with Crippen LogP contribution < -0.4 is 5.73 Å². The average Bonchev–Trinajstić information content (AvgIpc) is 2.13. The third kappa shape index (κ3) is 2.77. The third-order valence-corrected chi connectivity index (χ3v) is 2.60. The first-order chi connectivity index (χ1) is 6.46. The fourth-order valence-corrected chi connectivity index (χ4v) is 1.58. The first kappa shape index (κ1) is 11.6. The monoisotopic (exact) mass is 261 g/mol. The van der Waals surface area contributed by atoms with E-state index in [1.807, 2.05) is 0 Å². The van der Waals surface area contributed by atoms with Crippen LogP contribution in [0.4, 0.5) is 4.39 Å². The molecule has 1 unspecified atom stereocenters. The molecule has 0 aliphatic heterocycles. The van der Waals surface area contributed by atoms with E-state index in [1.165, 1.54) is 0 Å². The van der Waals surface area contributed by atoms with Gasteiger partial charge in [-0.3, -0.25) is 0 Å². The Bertz CT molecular complexity index is 328. The number of hydrogen-bond acceptors (Lipinski definition) is 2. The minimum Gasteiger partial charge on any atom is -0.394 e. The molecule has 0 saturated heterocycles. The Kier molecular flexibility index (Phi) is 3.64. The summed E-state index contributed by atoms with van der Waals surface area (Å²) in [6.45, 7) is 1.52. The summed E-state index contributed by atoms with van der Waals surface area (Å²) in [4.78, 5) is 0. The van der Waals surface area contributed by atoms with E-state index in [0.29, 0.717) is 16.5 Å². The Morgan fingerprint density at radius 1 is 1.57 bits per heavy atom. The molecule has 1 atom stereocenters. The van der Waals surface area contributed by atoms with Gasteiger partial charge >= 0.3 is 0 Å². The minimum absolute atomic E-state index is 0.168. The molecule has 2 nitrogen and oxygen atoms in total. The summed E-state index contributed by atoms with van der Waals surface area (Å²) in [6, 6.07) is 5.04. The lowest BCUT2D eigenvalue weighted by molar-refractivity contribution is 0.207. The predicted molar refractivity (Wildman–Crippen MR) is 57.5 cm³/mol. The standard InChI is InChI=1S/C10H13BrFNO/c1-10(13,6-14)5-7-3-2-4-8(11)9(7)12/h2-4,14H,5-6,13H2,1H3. The van der Waals surface area contributed by atoms with Gasteiger partial charge in [0.25, 0.3) is 0 Å². The summed E-state index contributed by atoms with van der Waals surface area (Å²) in [5.41, 5.74) is 5.47. The van der Waals surface area contributed by atoms with Crippen LogP contribution in [0.1, 0.15) is 12.5 Å². The number of hydrogen-bond donors (Lipinski definition) is 2. The first-order valence-corrected chi connectivity index (χ1v) is 5.08. The largest absolute Gasteiger partial charge is 0.394 e. The van der Waals surface area contributed by atoms with E-state index in [9.17, 15) is 4.39 Å². The molecular weight excluding hydrogens is 249 g/mol. The van der Waals surface area contributed by atoms with Crippen LogP contribution in [0.3, 0.4) is 0 Å². The van der Waals surface area contributed by atoms with Crippen molar-refractivity contribution in [1.82, 2.24) is 0 Å². The number of aliphatic hydroxyl groups is 1. The van der Waals surface area contributed by atoms with Crippen LogP contribution in [-0.4, -0.2) is 17.3 Å². The molecule has 0 aliphatic carbocycles. The molecule has 0 bridgehead atoms. The number of aliphatic hydroxyl groups excluding tert-OH is 1. The molecule has 0 fully saturated rings. The van der Waals surface area contributed by atoms with Crippen molar-refractivity contribution in [2.24, 2.45) is 5.73 Å². The quantitative estimate of drug-likeness (QED) is 0.873. The van der Waals surface area contributed by atoms with Crippen LogP contribution in [0.5, 0.6) is 0 Å². The van der Waals surface area contributed by atoms with Crippen molar-refractivity contribution < 1.29 is 9.50 Å². The Hall–Kier alpha value is -0.450. The van der Waals surface area contributed by atoms with E-state index in [4.69, 9.17) is 10.8 Å². The van der Waals surface area contributed by atoms with Gasteiger partial charge in [-0.25, -0.2) is 4.39 Å². The Morgan fingerprint density at radius 2 is 2.21 bits per heavy atom. The Balaban J connectivity index is 2.92. The number of nitrogens with two attached hydrogens (primary N) is 1. The van der Waals surface area contributed by atoms with Crippen molar-refractivity contribution in [3.05, 3.63) is 34.1 Å². The fourth-order valence-electron chi connectivity index (χ4n) is 1.18. The molecule has 3 N–H and O–H groups in total. The van der Waals surface area contributed by atoms with Crippen LogP contribution in [0, 0.1) is 5.82 Å². The van der Waals surface area contributed by atoms with E-state index in [-0.39, 0.29) is 12.4 Å². The summed E-state index contributed by atoms with van der Waals surface area (Å²) in [7, 11) is 0. The zero-order chi connectivity index (χ0) is 10.8.